The van der Waals surface area contributed by atoms with Crippen molar-refractivity contribution in [2.75, 3.05) is 43.5 Å². The third-order valence-electron chi connectivity index (χ3n) is 6.54. The first-order valence-corrected chi connectivity index (χ1v) is 11.3. The molecule has 1 saturated heterocycles. The van der Waals surface area contributed by atoms with Crippen LogP contribution in [0.4, 0.5) is 17.5 Å². The molecule has 2 aliphatic rings. The zero-order valence-electron chi connectivity index (χ0n) is 18.6. The third kappa shape index (κ3) is 3.77. The Labute approximate surface area is 187 Å². The van der Waals surface area contributed by atoms with E-state index in [1.807, 2.05) is 19.2 Å². The molecule has 168 valence electrons. The maximum absolute atomic E-state index is 12.5. The Hall–Kier alpha value is -3.20. The predicted molar refractivity (Wildman–Crippen MR) is 124 cm³/mol. The Morgan fingerprint density at radius 1 is 1.16 bits per heavy atom. The minimum Gasteiger partial charge on any atom is -0.465 e. The standard InChI is InChI=1S/C23H29N7O2/c1-15-20(22(31)32-2)18-14-26-23(28-21(18)30(15)16-5-3-4-6-16)27-19-8-7-17(13-25-19)29-11-9-24-10-12-29/h7-8,13-14,16,24H,3-6,9-12H2,1-2H3,(H,25,26,27,28). The summed E-state index contributed by atoms with van der Waals surface area (Å²) < 4.78 is 7.24. The molecule has 0 unspecified atom stereocenters. The number of esters is 1. The summed E-state index contributed by atoms with van der Waals surface area (Å²) in [6.07, 6.45) is 8.16. The lowest BCUT2D eigenvalue weighted by Gasteiger charge is -2.29. The quantitative estimate of drug-likeness (QED) is 0.590. The molecule has 2 N–H and O–H groups in total. The molecular weight excluding hydrogens is 406 g/mol. The van der Waals surface area contributed by atoms with Crippen LogP contribution in [-0.4, -0.2) is 58.8 Å². The van der Waals surface area contributed by atoms with Gasteiger partial charge in [0.15, 0.2) is 0 Å². The fourth-order valence-corrected chi connectivity index (χ4v) is 4.92. The van der Waals surface area contributed by atoms with E-state index in [0.717, 1.165) is 61.4 Å². The summed E-state index contributed by atoms with van der Waals surface area (Å²) in [5, 5.41) is 7.31. The Morgan fingerprint density at radius 3 is 2.62 bits per heavy atom. The third-order valence-corrected chi connectivity index (χ3v) is 6.54. The number of methoxy groups -OCH3 is 1. The highest BCUT2D eigenvalue weighted by atomic mass is 16.5. The van der Waals surface area contributed by atoms with Gasteiger partial charge in [-0.1, -0.05) is 12.8 Å². The topological polar surface area (TPSA) is 97.2 Å². The zero-order valence-corrected chi connectivity index (χ0v) is 18.6. The summed E-state index contributed by atoms with van der Waals surface area (Å²) in [6, 6.07) is 4.36. The van der Waals surface area contributed by atoms with Gasteiger partial charge >= 0.3 is 5.97 Å². The molecule has 1 aliphatic heterocycles. The molecular formula is C23H29N7O2. The second-order valence-electron chi connectivity index (χ2n) is 8.45. The van der Waals surface area contributed by atoms with Crippen LogP contribution in [0.5, 0.6) is 0 Å². The number of pyridine rings is 1. The average Bonchev–Trinajstić information content (AvgIpc) is 3.45. The number of carbonyl (C=O) groups excluding carboxylic acids is 1. The minimum atomic E-state index is -0.348. The second kappa shape index (κ2) is 8.74. The van der Waals surface area contributed by atoms with Gasteiger partial charge in [0.25, 0.3) is 0 Å². The number of hydrogen-bond donors (Lipinski definition) is 2. The van der Waals surface area contributed by atoms with Gasteiger partial charge in [-0.05, 0) is 31.9 Å². The molecule has 0 atom stereocenters. The van der Waals surface area contributed by atoms with Gasteiger partial charge in [0.05, 0.1) is 29.9 Å². The highest BCUT2D eigenvalue weighted by Gasteiger charge is 2.28. The van der Waals surface area contributed by atoms with E-state index in [9.17, 15) is 4.79 Å². The van der Waals surface area contributed by atoms with Gasteiger partial charge in [-0.15, -0.1) is 0 Å². The Kier molecular flexibility index (Phi) is 5.65. The molecule has 3 aromatic rings. The fourth-order valence-electron chi connectivity index (χ4n) is 4.92. The Bertz CT molecular complexity index is 1110. The van der Waals surface area contributed by atoms with E-state index >= 15 is 0 Å². The lowest BCUT2D eigenvalue weighted by molar-refractivity contribution is 0.0601. The van der Waals surface area contributed by atoms with Crippen molar-refractivity contribution in [3.8, 4) is 0 Å². The van der Waals surface area contributed by atoms with Crippen LogP contribution in [0.3, 0.4) is 0 Å². The van der Waals surface area contributed by atoms with E-state index in [4.69, 9.17) is 9.72 Å². The molecule has 9 nitrogen and oxygen atoms in total. The van der Waals surface area contributed by atoms with Crippen molar-refractivity contribution in [3.63, 3.8) is 0 Å². The number of carbonyl (C=O) groups is 1. The number of aromatic nitrogens is 4. The van der Waals surface area contributed by atoms with E-state index in [1.54, 1.807) is 6.20 Å². The van der Waals surface area contributed by atoms with Gasteiger partial charge < -0.3 is 24.8 Å². The van der Waals surface area contributed by atoms with E-state index in [0.29, 0.717) is 23.4 Å². The van der Waals surface area contributed by atoms with Gasteiger partial charge in [-0.25, -0.2) is 14.8 Å². The van der Waals surface area contributed by atoms with Crippen LogP contribution in [0, 0.1) is 6.92 Å². The molecule has 0 aromatic carbocycles. The molecule has 2 fully saturated rings. The van der Waals surface area contributed by atoms with Crippen LogP contribution in [-0.2, 0) is 4.74 Å². The SMILES string of the molecule is COC(=O)c1c(C)n(C2CCCC2)c2nc(Nc3ccc(N4CCNCC4)cn3)ncc12. The zero-order chi connectivity index (χ0) is 22.1. The lowest BCUT2D eigenvalue weighted by atomic mass is 10.2. The van der Waals surface area contributed by atoms with Crippen LogP contribution in [0.2, 0.25) is 0 Å². The molecule has 0 spiro atoms. The average molecular weight is 436 g/mol. The molecule has 4 heterocycles. The molecule has 3 aromatic heterocycles. The van der Waals surface area contributed by atoms with Crippen molar-refractivity contribution < 1.29 is 9.53 Å². The number of piperazine rings is 1. The molecule has 32 heavy (non-hydrogen) atoms. The highest BCUT2D eigenvalue weighted by Crippen LogP contribution is 2.36. The van der Waals surface area contributed by atoms with Gasteiger partial charge in [-0.3, -0.25) is 0 Å². The van der Waals surface area contributed by atoms with Crippen molar-refractivity contribution in [2.24, 2.45) is 0 Å². The van der Waals surface area contributed by atoms with Crippen molar-refractivity contribution in [1.29, 1.82) is 0 Å². The molecule has 5 rings (SSSR count). The second-order valence-corrected chi connectivity index (χ2v) is 8.45. The van der Waals surface area contributed by atoms with Gasteiger partial charge in [0, 0.05) is 44.1 Å². The normalized spacial score (nSPS) is 17.1. The predicted octanol–water partition coefficient (Wildman–Crippen LogP) is 3.19. The Balaban J connectivity index is 1.46. The van der Waals surface area contributed by atoms with E-state index in [-0.39, 0.29) is 5.97 Å². The van der Waals surface area contributed by atoms with Crippen LogP contribution in [0.15, 0.2) is 24.5 Å². The highest BCUT2D eigenvalue weighted by molar-refractivity contribution is 6.05. The van der Waals surface area contributed by atoms with Gasteiger partial charge in [0.1, 0.15) is 11.5 Å². The molecule has 1 saturated carbocycles. The first-order valence-electron chi connectivity index (χ1n) is 11.3. The van der Waals surface area contributed by atoms with Crippen LogP contribution < -0.4 is 15.5 Å². The van der Waals surface area contributed by atoms with Crippen molar-refractivity contribution >= 4 is 34.5 Å². The number of fused-ring (bicyclic) bond motifs is 1. The summed E-state index contributed by atoms with van der Waals surface area (Å²) in [6.45, 7) is 5.90. The first kappa shape index (κ1) is 20.7. The summed E-state index contributed by atoms with van der Waals surface area (Å²) in [5.74, 6) is 0.805. The van der Waals surface area contributed by atoms with Gasteiger partial charge in [0.2, 0.25) is 5.95 Å². The van der Waals surface area contributed by atoms with Crippen LogP contribution in [0.1, 0.15) is 47.8 Å². The number of rotatable bonds is 5. The Morgan fingerprint density at radius 2 is 1.94 bits per heavy atom. The number of nitrogens with zero attached hydrogens (tertiary/aromatic N) is 5. The molecule has 0 bridgehead atoms. The number of hydrogen-bond acceptors (Lipinski definition) is 8. The maximum Gasteiger partial charge on any atom is 0.340 e. The van der Waals surface area contributed by atoms with Crippen molar-refractivity contribution in [1.82, 2.24) is 24.8 Å². The summed E-state index contributed by atoms with van der Waals surface area (Å²) in [5.41, 5.74) is 3.33. The number of ether oxygens (including phenoxy) is 1. The summed E-state index contributed by atoms with van der Waals surface area (Å²) >= 11 is 0. The number of anilines is 3. The fraction of sp³-hybridized carbons (Fsp3) is 0.478. The van der Waals surface area contributed by atoms with Crippen LogP contribution in [0.25, 0.3) is 11.0 Å². The van der Waals surface area contributed by atoms with E-state index in [1.165, 1.54) is 20.0 Å². The first-order chi connectivity index (χ1) is 15.7. The van der Waals surface area contributed by atoms with E-state index in [2.05, 4.69) is 36.1 Å². The van der Waals surface area contributed by atoms with Crippen LogP contribution >= 0.6 is 0 Å². The van der Waals surface area contributed by atoms with Crippen molar-refractivity contribution in [3.05, 3.63) is 35.8 Å². The molecule has 9 heteroatoms. The lowest BCUT2D eigenvalue weighted by Crippen LogP contribution is -2.43. The molecule has 1 aliphatic carbocycles. The molecule has 0 radical (unpaired) electrons. The largest absolute Gasteiger partial charge is 0.465 e. The minimum absolute atomic E-state index is 0.343. The smallest absolute Gasteiger partial charge is 0.340 e. The van der Waals surface area contributed by atoms with Crippen molar-refractivity contribution in [2.45, 2.75) is 38.6 Å². The van der Waals surface area contributed by atoms with E-state index < -0.39 is 0 Å². The number of nitrogens with one attached hydrogen (secondary N) is 2. The summed E-state index contributed by atoms with van der Waals surface area (Å²) in [4.78, 5) is 28.6. The monoisotopic (exact) mass is 435 g/mol. The molecule has 0 amide bonds. The summed E-state index contributed by atoms with van der Waals surface area (Å²) in [7, 11) is 1.41. The van der Waals surface area contributed by atoms with Gasteiger partial charge in [-0.2, -0.15) is 4.98 Å². The maximum atomic E-state index is 12.5.